The van der Waals surface area contributed by atoms with Gasteiger partial charge < -0.3 is 9.84 Å². The van der Waals surface area contributed by atoms with E-state index in [1.54, 1.807) is 6.92 Å². The lowest BCUT2D eigenvalue weighted by molar-refractivity contribution is -0.153. The summed E-state index contributed by atoms with van der Waals surface area (Å²) in [6, 6.07) is 0. The van der Waals surface area contributed by atoms with Crippen molar-refractivity contribution in [2.24, 2.45) is 0 Å². The Morgan fingerprint density at radius 2 is 0.897 bits per heavy atom. The molecule has 0 heterocycles. The van der Waals surface area contributed by atoms with Crippen molar-refractivity contribution in [2.45, 2.75) is 155 Å². The predicted octanol–water partition coefficient (Wildman–Crippen LogP) is 8.12. The highest BCUT2D eigenvalue weighted by Crippen LogP contribution is 2.15. The van der Waals surface area contributed by atoms with E-state index in [9.17, 15) is 9.90 Å². The van der Waals surface area contributed by atoms with E-state index < -0.39 is 12.1 Å². The molecule has 0 saturated heterocycles. The molecule has 0 aromatic carbocycles. The largest absolute Gasteiger partial charge is 0.464 e. The summed E-state index contributed by atoms with van der Waals surface area (Å²) in [5.41, 5.74) is 0. The number of esters is 1. The molecule has 0 spiro atoms. The number of hydrogen-bond donors (Lipinski definition) is 1. The quantitative estimate of drug-likeness (QED) is 0.136. The predicted molar refractivity (Wildman–Crippen MR) is 125 cm³/mol. The number of rotatable bonds is 23. The normalized spacial score (nSPS) is 12.2. The summed E-state index contributed by atoms with van der Waals surface area (Å²) in [7, 11) is 0. The van der Waals surface area contributed by atoms with Gasteiger partial charge in [0.05, 0.1) is 6.61 Å². The fourth-order valence-corrected chi connectivity index (χ4v) is 3.95. The summed E-state index contributed by atoms with van der Waals surface area (Å²) in [4.78, 5) is 11.3. The van der Waals surface area contributed by atoms with Gasteiger partial charge >= 0.3 is 5.97 Å². The van der Waals surface area contributed by atoms with Crippen molar-refractivity contribution in [3.63, 3.8) is 0 Å². The van der Waals surface area contributed by atoms with Crippen molar-refractivity contribution in [2.75, 3.05) is 6.61 Å². The molecule has 0 aromatic rings. The summed E-state index contributed by atoms with van der Waals surface area (Å²) in [6.45, 7) is 4.39. The molecule has 3 nitrogen and oxygen atoms in total. The average molecular weight is 413 g/mol. The molecule has 0 aliphatic heterocycles. The van der Waals surface area contributed by atoms with Crippen LogP contribution in [0, 0.1) is 0 Å². The molecule has 0 aliphatic carbocycles. The Balaban J connectivity index is 3.11. The number of ether oxygens (including phenoxy) is 1. The van der Waals surface area contributed by atoms with Crippen molar-refractivity contribution in [3.8, 4) is 0 Å². The first-order valence-electron chi connectivity index (χ1n) is 13.1. The molecule has 0 bridgehead atoms. The summed E-state index contributed by atoms with van der Waals surface area (Å²) >= 11 is 0. The third-order valence-corrected chi connectivity index (χ3v) is 5.89. The molecule has 3 heteroatoms. The van der Waals surface area contributed by atoms with Gasteiger partial charge in [-0.3, -0.25) is 0 Å². The van der Waals surface area contributed by atoms with Gasteiger partial charge in [-0.25, -0.2) is 4.79 Å². The number of aliphatic hydroxyl groups excluding tert-OH is 1. The van der Waals surface area contributed by atoms with E-state index in [-0.39, 0.29) is 0 Å². The van der Waals surface area contributed by atoms with Gasteiger partial charge in [0.15, 0.2) is 6.10 Å². The second kappa shape index (κ2) is 23.7. The van der Waals surface area contributed by atoms with E-state index in [2.05, 4.69) is 6.92 Å². The molecule has 0 rings (SSSR count). The van der Waals surface area contributed by atoms with Crippen LogP contribution in [0.3, 0.4) is 0 Å². The van der Waals surface area contributed by atoms with Crippen LogP contribution in [0.5, 0.6) is 0 Å². The zero-order chi connectivity index (χ0) is 21.4. The first kappa shape index (κ1) is 28.4. The van der Waals surface area contributed by atoms with Crippen molar-refractivity contribution in [1.82, 2.24) is 0 Å². The number of unbranched alkanes of at least 4 members (excludes halogenated alkanes) is 19. The van der Waals surface area contributed by atoms with Crippen LogP contribution in [0.1, 0.15) is 149 Å². The topological polar surface area (TPSA) is 46.5 Å². The molecular formula is C26H52O3. The summed E-state index contributed by atoms with van der Waals surface area (Å²) < 4.78 is 4.81. The van der Waals surface area contributed by atoms with Crippen LogP contribution < -0.4 is 0 Å². The molecule has 174 valence electrons. The number of hydrogen-bond acceptors (Lipinski definition) is 3. The van der Waals surface area contributed by atoms with Crippen LogP contribution in [0.2, 0.25) is 0 Å². The molecule has 0 amide bonds. The van der Waals surface area contributed by atoms with Crippen LogP contribution in [0.15, 0.2) is 0 Å². The van der Waals surface area contributed by atoms with Crippen LogP contribution >= 0.6 is 0 Å². The second-order valence-corrected chi connectivity index (χ2v) is 8.77. The van der Waals surface area contributed by atoms with Gasteiger partial charge in [-0.2, -0.15) is 0 Å². The molecule has 0 aromatic heterocycles. The molecule has 1 N–H and O–H groups in total. The smallest absolute Gasteiger partial charge is 0.334 e. The molecule has 0 saturated carbocycles. The van der Waals surface area contributed by atoms with Gasteiger partial charge in [0.2, 0.25) is 0 Å². The lowest BCUT2D eigenvalue weighted by atomic mass is 10.0. The SMILES string of the molecule is CCCCCCCCCCCCCCCCCCCCCC[C@@H](O)C(=O)OCC. The van der Waals surface area contributed by atoms with Crippen LogP contribution in [0.4, 0.5) is 0 Å². The second-order valence-electron chi connectivity index (χ2n) is 8.77. The van der Waals surface area contributed by atoms with E-state index in [1.807, 2.05) is 0 Å². The Hall–Kier alpha value is -0.570. The van der Waals surface area contributed by atoms with Gasteiger partial charge in [0.1, 0.15) is 0 Å². The zero-order valence-corrected chi connectivity index (χ0v) is 19.9. The van der Waals surface area contributed by atoms with Crippen molar-refractivity contribution in [1.29, 1.82) is 0 Å². The number of carbonyl (C=O) groups excluding carboxylic acids is 1. The van der Waals surface area contributed by atoms with E-state index in [4.69, 9.17) is 4.74 Å². The lowest BCUT2D eigenvalue weighted by Crippen LogP contribution is -2.22. The molecular weight excluding hydrogens is 360 g/mol. The highest BCUT2D eigenvalue weighted by molar-refractivity contribution is 5.74. The first-order chi connectivity index (χ1) is 14.2. The van der Waals surface area contributed by atoms with Gasteiger partial charge in [-0.05, 0) is 13.3 Å². The van der Waals surface area contributed by atoms with E-state index in [0.717, 1.165) is 12.8 Å². The Labute approximate surface area is 182 Å². The first-order valence-corrected chi connectivity index (χ1v) is 13.1. The fourth-order valence-electron chi connectivity index (χ4n) is 3.95. The molecule has 0 aliphatic rings. The lowest BCUT2D eigenvalue weighted by Gasteiger charge is -2.09. The Morgan fingerprint density at radius 3 is 1.21 bits per heavy atom. The van der Waals surface area contributed by atoms with Crippen LogP contribution in [0.25, 0.3) is 0 Å². The maximum absolute atomic E-state index is 11.3. The van der Waals surface area contributed by atoms with Crippen LogP contribution in [-0.4, -0.2) is 23.8 Å². The molecule has 0 radical (unpaired) electrons. The fraction of sp³-hybridized carbons (Fsp3) is 0.962. The van der Waals surface area contributed by atoms with Crippen molar-refractivity contribution < 1.29 is 14.6 Å². The molecule has 1 atom stereocenters. The third kappa shape index (κ3) is 21.9. The minimum absolute atomic E-state index is 0.342. The summed E-state index contributed by atoms with van der Waals surface area (Å²) in [5.74, 6) is -0.467. The molecule has 0 fully saturated rings. The molecule has 0 unspecified atom stereocenters. The zero-order valence-electron chi connectivity index (χ0n) is 19.9. The van der Waals surface area contributed by atoms with Gasteiger partial charge in [0, 0.05) is 0 Å². The Bertz CT molecular complexity index is 330. The minimum atomic E-state index is -0.925. The highest BCUT2D eigenvalue weighted by Gasteiger charge is 2.14. The Morgan fingerprint density at radius 1 is 0.586 bits per heavy atom. The van der Waals surface area contributed by atoms with Gasteiger partial charge in [-0.15, -0.1) is 0 Å². The maximum atomic E-state index is 11.3. The van der Waals surface area contributed by atoms with Crippen molar-refractivity contribution >= 4 is 5.97 Å². The van der Waals surface area contributed by atoms with Gasteiger partial charge in [-0.1, -0.05) is 135 Å². The summed E-state index contributed by atoms with van der Waals surface area (Å²) in [5, 5.41) is 9.63. The average Bonchev–Trinajstić information content (AvgIpc) is 2.72. The van der Waals surface area contributed by atoms with Gasteiger partial charge in [0.25, 0.3) is 0 Å². The third-order valence-electron chi connectivity index (χ3n) is 5.89. The van der Waals surface area contributed by atoms with E-state index >= 15 is 0 Å². The van der Waals surface area contributed by atoms with E-state index in [1.165, 1.54) is 116 Å². The number of aliphatic hydroxyl groups is 1. The highest BCUT2D eigenvalue weighted by atomic mass is 16.5. The molecule has 29 heavy (non-hydrogen) atoms. The maximum Gasteiger partial charge on any atom is 0.334 e. The Kier molecular flexibility index (Phi) is 23.2. The van der Waals surface area contributed by atoms with Crippen molar-refractivity contribution in [3.05, 3.63) is 0 Å². The minimum Gasteiger partial charge on any atom is -0.464 e. The number of carbonyl (C=O) groups is 1. The van der Waals surface area contributed by atoms with Crippen LogP contribution in [-0.2, 0) is 9.53 Å². The summed E-state index contributed by atoms with van der Waals surface area (Å²) in [6.07, 6.45) is 26.8. The monoisotopic (exact) mass is 412 g/mol. The standard InChI is InChI=1S/C26H52O3/c1-3-5-6-7-8-9-10-11-12-13-14-15-16-17-18-19-20-21-22-23-24-25(27)26(28)29-4-2/h25,27H,3-24H2,1-2H3/t25-/m1/s1. The van der Waals surface area contributed by atoms with E-state index in [0.29, 0.717) is 13.0 Å².